The highest BCUT2D eigenvalue weighted by molar-refractivity contribution is 7.92. The highest BCUT2D eigenvalue weighted by Crippen LogP contribution is 2.44. The van der Waals surface area contributed by atoms with Gasteiger partial charge in [0.1, 0.15) is 0 Å². The van der Waals surface area contributed by atoms with Crippen LogP contribution in [0.15, 0.2) is 12.0 Å². The first kappa shape index (κ1) is 11.7. The van der Waals surface area contributed by atoms with E-state index in [1.165, 1.54) is 0 Å². The largest absolute Gasteiger partial charge is 0.396 e. The van der Waals surface area contributed by atoms with Crippen molar-refractivity contribution in [1.29, 1.82) is 0 Å². The predicted octanol–water partition coefficient (Wildman–Crippen LogP) is 0.458. The van der Waals surface area contributed by atoms with E-state index in [1.807, 2.05) is 0 Å². The monoisotopic (exact) mass is 219 g/mol. The third kappa shape index (κ3) is 2.56. The number of aliphatic hydroxyl groups is 1. The van der Waals surface area contributed by atoms with E-state index in [4.69, 9.17) is 5.11 Å². The van der Waals surface area contributed by atoms with E-state index in [1.54, 1.807) is 0 Å². The van der Waals surface area contributed by atoms with Crippen molar-refractivity contribution in [2.24, 2.45) is 11.3 Å². The van der Waals surface area contributed by atoms with Crippen molar-refractivity contribution in [3.63, 3.8) is 0 Å². The van der Waals surface area contributed by atoms with Crippen LogP contribution in [0.5, 0.6) is 0 Å². The summed E-state index contributed by atoms with van der Waals surface area (Å²) in [5, 5.41) is 10.1. The lowest BCUT2D eigenvalue weighted by atomic mass is 9.63. The second kappa shape index (κ2) is 4.00. The summed E-state index contributed by atoms with van der Waals surface area (Å²) in [6.45, 7) is 5.64. The van der Waals surface area contributed by atoms with Crippen molar-refractivity contribution in [1.82, 2.24) is 4.72 Å². The molecule has 0 bridgehead atoms. The molecular weight excluding hydrogens is 202 g/mol. The van der Waals surface area contributed by atoms with Gasteiger partial charge in [-0.3, -0.25) is 0 Å². The molecular formula is C9H17NO3S. The van der Waals surface area contributed by atoms with Gasteiger partial charge < -0.3 is 5.11 Å². The summed E-state index contributed by atoms with van der Waals surface area (Å²) >= 11 is 0. The average molecular weight is 219 g/mol. The van der Waals surface area contributed by atoms with Gasteiger partial charge in [0.05, 0.1) is 0 Å². The van der Waals surface area contributed by atoms with Gasteiger partial charge >= 0.3 is 0 Å². The van der Waals surface area contributed by atoms with Crippen LogP contribution in [0.25, 0.3) is 0 Å². The van der Waals surface area contributed by atoms with Gasteiger partial charge in [-0.05, 0) is 18.8 Å². The Balaban J connectivity index is 2.48. The van der Waals surface area contributed by atoms with E-state index < -0.39 is 10.0 Å². The summed E-state index contributed by atoms with van der Waals surface area (Å²) < 4.78 is 24.6. The van der Waals surface area contributed by atoms with Gasteiger partial charge in [-0.15, -0.1) is 0 Å². The lowest BCUT2D eigenvalue weighted by Gasteiger charge is -2.45. The zero-order valence-electron chi connectivity index (χ0n) is 8.36. The van der Waals surface area contributed by atoms with Gasteiger partial charge in [0.2, 0.25) is 10.0 Å². The first-order valence-corrected chi connectivity index (χ1v) is 6.21. The summed E-state index contributed by atoms with van der Waals surface area (Å²) in [6, 6.07) is 0. The minimum absolute atomic E-state index is 0.0387. The molecule has 14 heavy (non-hydrogen) atoms. The quantitative estimate of drug-likeness (QED) is 0.706. The molecule has 2 N–H and O–H groups in total. The summed E-state index contributed by atoms with van der Waals surface area (Å²) in [5.41, 5.74) is -0.241. The highest BCUT2D eigenvalue weighted by atomic mass is 32.2. The molecule has 0 unspecified atom stereocenters. The summed E-state index contributed by atoms with van der Waals surface area (Å²) in [5.74, 6) is 0.579. The molecule has 0 spiro atoms. The van der Waals surface area contributed by atoms with E-state index in [-0.39, 0.29) is 12.0 Å². The van der Waals surface area contributed by atoms with Gasteiger partial charge in [0, 0.05) is 24.0 Å². The topological polar surface area (TPSA) is 66.4 Å². The van der Waals surface area contributed by atoms with Crippen LogP contribution in [0.1, 0.15) is 19.8 Å². The van der Waals surface area contributed by atoms with Crippen LogP contribution in [0.2, 0.25) is 0 Å². The van der Waals surface area contributed by atoms with Crippen LogP contribution in [0, 0.1) is 11.3 Å². The Labute approximate surface area is 85.1 Å². The fourth-order valence-corrected chi connectivity index (χ4v) is 2.69. The standard InChI is InChI=1S/C9H17NO3S/c1-3-14(12,13)10-6-9(7-11)4-8(2)5-9/h3,8,10-11H,1,4-7H2,2H3. The Kier molecular flexibility index (Phi) is 3.34. The van der Waals surface area contributed by atoms with Gasteiger partial charge in [-0.2, -0.15) is 0 Å². The van der Waals surface area contributed by atoms with E-state index >= 15 is 0 Å². The van der Waals surface area contributed by atoms with Crippen molar-refractivity contribution in [3.05, 3.63) is 12.0 Å². The first-order chi connectivity index (χ1) is 6.43. The normalized spacial score (nSPS) is 32.3. The Hall–Kier alpha value is -0.390. The van der Waals surface area contributed by atoms with Gasteiger partial charge in [-0.1, -0.05) is 13.5 Å². The molecule has 0 aromatic heterocycles. The molecule has 0 radical (unpaired) electrons. The van der Waals surface area contributed by atoms with Crippen LogP contribution in [0.4, 0.5) is 0 Å². The average Bonchev–Trinajstić information content (AvgIpc) is 2.10. The minimum Gasteiger partial charge on any atom is -0.396 e. The van der Waals surface area contributed by atoms with Crippen LogP contribution < -0.4 is 4.72 Å². The molecule has 0 aliphatic heterocycles. The number of rotatable bonds is 5. The molecule has 0 amide bonds. The highest BCUT2D eigenvalue weighted by Gasteiger charge is 2.41. The number of sulfonamides is 1. The molecule has 1 aliphatic rings. The van der Waals surface area contributed by atoms with Crippen LogP contribution in [0.3, 0.4) is 0 Å². The Morgan fingerprint density at radius 1 is 1.64 bits per heavy atom. The van der Waals surface area contributed by atoms with Crippen molar-refractivity contribution >= 4 is 10.0 Å². The lowest BCUT2D eigenvalue weighted by molar-refractivity contribution is 0.00752. The fraction of sp³-hybridized carbons (Fsp3) is 0.778. The molecule has 1 aliphatic carbocycles. The maximum atomic E-state index is 11.1. The minimum atomic E-state index is -3.35. The Morgan fingerprint density at radius 2 is 2.21 bits per heavy atom. The van der Waals surface area contributed by atoms with E-state index in [9.17, 15) is 8.42 Å². The SMILES string of the molecule is C=CS(=O)(=O)NCC1(CO)CC(C)C1. The summed E-state index contributed by atoms with van der Waals surface area (Å²) in [7, 11) is -3.35. The number of hydrogen-bond donors (Lipinski definition) is 2. The second-order valence-corrected chi connectivity index (χ2v) is 5.92. The van der Waals surface area contributed by atoms with Crippen LogP contribution in [-0.4, -0.2) is 26.7 Å². The molecule has 82 valence electrons. The molecule has 4 nitrogen and oxygen atoms in total. The van der Waals surface area contributed by atoms with Crippen LogP contribution in [-0.2, 0) is 10.0 Å². The van der Waals surface area contributed by atoms with Crippen LogP contribution >= 0.6 is 0 Å². The number of hydrogen-bond acceptors (Lipinski definition) is 3. The van der Waals surface area contributed by atoms with Crippen molar-refractivity contribution < 1.29 is 13.5 Å². The van der Waals surface area contributed by atoms with Crippen molar-refractivity contribution in [2.75, 3.05) is 13.2 Å². The summed E-state index contributed by atoms with van der Waals surface area (Å²) in [6.07, 6.45) is 1.76. The van der Waals surface area contributed by atoms with Gasteiger partial charge in [-0.25, -0.2) is 13.1 Å². The third-order valence-corrected chi connectivity index (χ3v) is 3.75. The maximum Gasteiger partial charge on any atom is 0.233 e. The molecule has 0 aromatic carbocycles. The molecule has 5 heteroatoms. The van der Waals surface area contributed by atoms with E-state index in [0.29, 0.717) is 12.5 Å². The fourth-order valence-electron chi connectivity index (χ4n) is 2.06. The molecule has 0 heterocycles. The van der Waals surface area contributed by atoms with Crippen molar-refractivity contribution in [3.8, 4) is 0 Å². The van der Waals surface area contributed by atoms with Crippen molar-refractivity contribution in [2.45, 2.75) is 19.8 Å². The van der Waals surface area contributed by atoms with E-state index in [0.717, 1.165) is 18.2 Å². The zero-order valence-corrected chi connectivity index (χ0v) is 9.18. The van der Waals surface area contributed by atoms with E-state index in [2.05, 4.69) is 18.2 Å². The molecule has 0 saturated heterocycles. The molecule has 0 atom stereocenters. The maximum absolute atomic E-state index is 11.1. The Morgan fingerprint density at radius 3 is 2.57 bits per heavy atom. The Bertz CT molecular complexity index is 304. The smallest absolute Gasteiger partial charge is 0.233 e. The molecule has 1 fully saturated rings. The lowest BCUT2D eigenvalue weighted by Crippen LogP contribution is -2.47. The molecule has 1 saturated carbocycles. The summed E-state index contributed by atoms with van der Waals surface area (Å²) in [4.78, 5) is 0. The zero-order chi connectivity index (χ0) is 10.8. The number of nitrogens with one attached hydrogen (secondary N) is 1. The first-order valence-electron chi connectivity index (χ1n) is 4.66. The van der Waals surface area contributed by atoms with Gasteiger partial charge in [0.25, 0.3) is 0 Å². The second-order valence-electron chi connectivity index (χ2n) is 4.20. The van der Waals surface area contributed by atoms with Gasteiger partial charge in [0.15, 0.2) is 0 Å². The number of aliphatic hydroxyl groups excluding tert-OH is 1. The molecule has 1 rings (SSSR count). The molecule has 0 aromatic rings. The predicted molar refractivity (Wildman–Crippen MR) is 55.0 cm³/mol. The third-order valence-electron chi connectivity index (χ3n) is 2.77.